The number of carbonyl (C=O) groups is 1. The van der Waals surface area contributed by atoms with Gasteiger partial charge in [0.05, 0.1) is 17.3 Å². The zero-order chi connectivity index (χ0) is 20.9. The Balaban J connectivity index is 1.50. The van der Waals surface area contributed by atoms with Crippen LogP contribution in [0.4, 0.5) is 5.69 Å². The van der Waals surface area contributed by atoms with Gasteiger partial charge in [0.1, 0.15) is 0 Å². The lowest BCUT2D eigenvalue weighted by Gasteiger charge is -2.32. The van der Waals surface area contributed by atoms with E-state index in [0.717, 1.165) is 10.0 Å². The predicted octanol–water partition coefficient (Wildman–Crippen LogP) is 3.66. The van der Waals surface area contributed by atoms with Crippen LogP contribution in [0.25, 0.3) is 6.08 Å². The van der Waals surface area contributed by atoms with Crippen molar-refractivity contribution in [3.63, 3.8) is 0 Å². The van der Waals surface area contributed by atoms with E-state index in [0.29, 0.717) is 36.9 Å². The van der Waals surface area contributed by atoms with E-state index in [1.807, 2.05) is 35.2 Å². The van der Waals surface area contributed by atoms with Gasteiger partial charge in [0.15, 0.2) is 0 Å². The van der Waals surface area contributed by atoms with Crippen LogP contribution in [0.1, 0.15) is 5.56 Å². The maximum Gasteiger partial charge on any atom is 0.238 e. The minimum atomic E-state index is -3.49. The van der Waals surface area contributed by atoms with Crippen molar-refractivity contribution >= 4 is 55.2 Å². The van der Waals surface area contributed by atoms with Crippen molar-refractivity contribution in [1.29, 1.82) is 0 Å². The summed E-state index contributed by atoms with van der Waals surface area (Å²) in [5.74, 6) is -0.186. The SMILES string of the molecule is O=C(CN1CCN(S(=O)(=O)/C=C/c2ccccc2)CC1)Nc1ccc(Br)cc1Cl. The molecule has 1 saturated heterocycles. The van der Waals surface area contributed by atoms with E-state index in [1.165, 1.54) is 9.71 Å². The molecule has 0 aliphatic carbocycles. The third kappa shape index (κ3) is 6.38. The van der Waals surface area contributed by atoms with Gasteiger partial charge in [-0.2, -0.15) is 4.31 Å². The van der Waals surface area contributed by atoms with Gasteiger partial charge in [-0.1, -0.05) is 57.9 Å². The molecule has 0 bridgehead atoms. The Morgan fingerprint density at radius 3 is 2.45 bits per heavy atom. The quantitative estimate of drug-likeness (QED) is 0.660. The first kappa shape index (κ1) is 22.0. The van der Waals surface area contributed by atoms with E-state index in [4.69, 9.17) is 11.6 Å². The number of halogens is 2. The van der Waals surface area contributed by atoms with Crippen molar-refractivity contribution in [2.45, 2.75) is 0 Å². The van der Waals surface area contributed by atoms with Crippen LogP contribution >= 0.6 is 27.5 Å². The van der Waals surface area contributed by atoms with Crippen molar-refractivity contribution < 1.29 is 13.2 Å². The van der Waals surface area contributed by atoms with Gasteiger partial charge in [0.25, 0.3) is 0 Å². The number of benzene rings is 2. The van der Waals surface area contributed by atoms with Crippen LogP contribution in [0.15, 0.2) is 58.4 Å². The highest BCUT2D eigenvalue weighted by Crippen LogP contribution is 2.25. The highest BCUT2D eigenvalue weighted by atomic mass is 79.9. The first-order chi connectivity index (χ1) is 13.8. The molecule has 2 aromatic rings. The third-order valence-electron chi connectivity index (χ3n) is 4.50. The molecule has 1 N–H and O–H groups in total. The molecule has 1 heterocycles. The van der Waals surface area contributed by atoms with E-state index >= 15 is 0 Å². The normalized spacial score (nSPS) is 16.2. The van der Waals surface area contributed by atoms with Crippen molar-refractivity contribution in [1.82, 2.24) is 9.21 Å². The van der Waals surface area contributed by atoms with Gasteiger partial charge >= 0.3 is 0 Å². The molecule has 1 fully saturated rings. The summed E-state index contributed by atoms with van der Waals surface area (Å²) in [6.45, 7) is 1.83. The fourth-order valence-electron chi connectivity index (χ4n) is 2.94. The Morgan fingerprint density at radius 1 is 1.10 bits per heavy atom. The summed E-state index contributed by atoms with van der Waals surface area (Å²) in [6.07, 6.45) is 1.59. The first-order valence-electron chi connectivity index (χ1n) is 9.04. The number of carbonyl (C=O) groups excluding carboxylic acids is 1. The standard InChI is InChI=1S/C20H21BrClN3O3S/c21-17-6-7-19(18(22)14-17)23-20(26)15-24-9-11-25(12-10-24)29(27,28)13-8-16-4-2-1-3-5-16/h1-8,13-14H,9-12,15H2,(H,23,26)/b13-8+. The van der Waals surface area contributed by atoms with Gasteiger partial charge in [0, 0.05) is 36.1 Å². The number of nitrogens with one attached hydrogen (secondary N) is 1. The molecular weight excluding hydrogens is 478 g/mol. The van der Waals surface area contributed by atoms with E-state index < -0.39 is 10.0 Å². The van der Waals surface area contributed by atoms with Crippen molar-refractivity contribution in [3.8, 4) is 0 Å². The van der Waals surface area contributed by atoms with Gasteiger partial charge in [0.2, 0.25) is 15.9 Å². The van der Waals surface area contributed by atoms with Crippen molar-refractivity contribution in [3.05, 3.63) is 69.0 Å². The fourth-order valence-corrected chi connectivity index (χ4v) is 4.83. The second kappa shape index (κ2) is 9.86. The van der Waals surface area contributed by atoms with E-state index in [2.05, 4.69) is 21.2 Å². The van der Waals surface area contributed by atoms with Crippen LogP contribution < -0.4 is 5.32 Å². The van der Waals surface area contributed by atoms with E-state index in [9.17, 15) is 13.2 Å². The lowest BCUT2D eigenvalue weighted by molar-refractivity contribution is -0.117. The molecule has 0 radical (unpaired) electrons. The number of nitrogens with zero attached hydrogens (tertiary/aromatic N) is 2. The van der Waals surface area contributed by atoms with Crippen LogP contribution in [0, 0.1) is 0 Å². The van der Waals surface area contributed by atoms with Gasteiger partial charge in [-0.05, 0) is 29.8 Å². The molecule has 2 aromatic carbocycles. The highest BCUT2D eigenvalue weighted by Gasteiger charge is 2.26. The molecular formula is C20H21BrClN3O3S. The number of hydrogen-bond acceptors (Lipinski definition) is 4. The van der Waals surface area contributed by atoms with Crippen molar-refractivity contribution in [2.75, 3.05) is 38.0 Å². The second-order valence-electron chi connectivity index (χ2n) is 6.61. The molecule has 3 rings (SSSR count). The molecule has 1 aliphatic heterocycles. The average molecular weight is 499 g/mol. The summed E-state index contributed by atoms with van der Waals surface area (Å²) in [6, 6.07) is 14.5. The molecule has 1 aliphatic rings. The molecule has 1 amide bonds. The van der Waals surface area contributed by atoms with Gasteiger partial charge in [-0.25, -0.2) is 8.42 Å². The lowest BCUT2D eigenvalue weighted by atomic mass is 10.2. The van der Waals surface area contributed by atoms with E-state index in [-0.39, 0.29) is 12.5 Å². The monoisotopic (exact) mass is 497 g/mol. The largest absolute Gasteiger partial charge is 0.324 e. The summed E-state index contributed by atoms with van der Waals surface area (Å²) >= 11 is 9.45. The maximum atomic E-state index is 12.5. The topological polar surface area (TPSA) is 69.7 Å². The summed E-state index contributed by atoms with van der Waals surface area (Å²) in [5.41, 5.74) is 1.38. The summed E-state index contributed by atoms with van der Waals surface area (Å²) in [5, 5.41) is 4.48. The number of hydrogen-bond donors (Lipinski definition) is 1. The molecule has 9 heteroatoms. The molecule has 6 nitrogen and oxygen atoms in total. The van der Waals surface area contributed by atoms with Crippen LogP contribution in [-0.2, 0) is 14.8 Å². The Hall–Kier alpha value is -1.71. The molecule has 0 saturated carbocycles. The molecule has 0 unspecified atom stereocenters. The predicted molar refractivity (Wildman–Crippen MR) is 120 cm³/mol. The zero-order valence-corrected chi connectivity index (χ0v) is 18.8. The molecule has 0 spiro atoms. The van der Waals surface area contributed by atoms with Crippen LogP contribution in [0.3, 0.4) is 0 Å². The van der Waals surface area contributed by atoms with E-state index in [1.54, 1.807) is 24.3 Å². The molecule has 154 valence electrons. The first-order valence-corrected chi connectivity index (χ1v) is 11.7. The Morgan fingerprint density at radius 2 is 1.79 bits per heavy atom. The smallest absolute Gasteiger partial charge is 0.238 e. The Kier molecular flexibility index (Phi) is 7.48. The number of sulfonamides is 1. The number of amides is 1. The summed E-state index contributed by atoms with van der Waals surface area (Å²) in [4.78, 5) is 14.2. The number of piperazine rings is 1. The number of anilines is 1. The Labute approximate surface area is 184 Å². The molecule has 0 aromatic heterocycles. The lowest BCUT2D eigenvalue weighted by Crippen LogP contribution is -2.49. The summed E-state index contributed by atoms with van der Waals surface area (Å²) < 4.78 is 27.3. The van der Waals surface area contributed by atoms with Crippen molar-refractivity contribution in [2.24, 2.45) is 0 Å². The average Bonchev–Trinajstić information content (AvgIpc) is 2.70. The maximum absolute atomic E-state index is 12.5. The summed E-state index contributed by atoms with van der Waals surface area (Å²) in [7, 11) is -3.49. The zero-order valence-electron chi connectivity index (χ0n) is 15.6. The Bertz CT molecular complexity index is 991. The van der Waals surface area contributed by atoms with Gasteiger partial charge < -0.3 is 5.32 Å². The van der Waals surface area contributed by atoms with Gasteiger partial charge in [-0.3, -0.25) is 9.69 Å². The highest BCUT2D eigenvalue weighted by molar-refractivity contribution is 9.10. The van der Waals surface area contributed by atoms with Crippen LogP contribution in [0.2, 0.25) is 5.02 Å². The third-order valence-corrected chi connectivity index (χ3v) is 6.87. The van der Waals surface area contributed by atoms with Crippen LogP contribution in [0.5, 0.6) is 0 Å². The molecule has 29 heavy (non-hydrogen) atoms. The number of rotatable bonds is 6. The minimum absolute atomic E-state index is 0.181. The minimum Gasteiger partial charge on any atom is -0.324 e. The van der Waals surface area contributed by atoms with Gasteiger partial charge in [-0.15, -0.1) is 0 Å². The molecule has 0 atom stereocenters. The second-order valence-corrected chi connectivity index (χ2v) is 9.75. The fraction of sp³-hybridized carbons (Fsp3) is 0.250. The van der Waals surface area contributed by atoms with Crippen LogP contribution in [-0.4, -0.2) is 56.3 Å².